The van der Waals surface area contributed by atoms with Crippen molar-refractivity contribution in [1.29, 1.82) is 0 Å². The van der Waals surface area contributed by atoms with E-state index in [1.165, 1.54) is 29.5 Å². The van der Waals surface area contributed by atoms with Crippen molar-refractivity contribution in [2.75, 3.05) is 0 Å². The first-order valence-corrected chi connectivity index (χ1v) is 9.30. The Morgan fingerprint density at radius 2 is 2.00 bits per heavy atom. The van der Waals surface area contributed by atoms with Crippen LogP contribution in [0, 0.1) is 6.92 Å². The van der Waals surface area contributed by atoms with Crippen LogP contribution in [0.15, 0.2) is 40.3 Å². The lowest BCUT2D eigenvalue weighted by molar-refractivity contribution is 0.366. The summed E-state index contributed by atoms with van der Waals surface area (Å²) in [6, 6.07) is 8.58. The van der Waals surface area contributed by atoms with Crippen LogP contribution >= 0.6 is 11.8 Å². The normalized spacial score (nSPS) is 13.9. The molecule has 0 spiro atoms. The smallest absolute Gasteiger partial charge is 0.208 e. The zero-order valence-electron chi connectivity index (χ0n) is 13.7. The summed E-state index contributed by atoms with van der Waals surface area (Å²) in [6.07, 6.45) is 6.28. The van der Waals surface area contributed by atoms with Gasteiger partial charge in [-0.15, -0.1) is 5.10 Å². The molecule has 6 heteroatoms. The molecule has 2 aromatic heterocycles. The lowest BCUT2D eigenvalue weighted by Crippen LogP contribution is -2.06. The van der Waals surface area contributed by atoms with E-state index in [9.17, 15) is 0 Å². The van der Waals surface area contributed by atoms with Gasteiger partial charge in [-0.25, -0.2) is 9.67 Å². The lowest BCUT2D eigenvalue weighted by Gasteiger charge is -2.08. The molecule has 1 aromatic carbocycles. The predicted molar refractivity (Wildman–Crippen MR) is 93.0 cm³/mol. The van der Waals surface area contributed by atoms with Gasteiger partial charge in [-0.2, -0.15) is 0 Å². The van der Waals surface area contributed by atoms with E-state index >= 15 is 0 Å². The van der Waals surface area contributed by atoms with Crippen molar-refractivity contribution in [3.05, 3.63) is 58.7 Å². The first-order valence-electron chi connectivity index (χ1n) is 8.32. The second kappa shape index (κ2) is 6.81. The second-order valence-electron chi connectivity index (χ2n) is 6.24. The summed E-state index contributed by atoms with van der Waals surface area (Å²) >= 11 is 1.65. The maximum atomic E-state index is 5.46. The van der Waals surface area contributed by atoms with Crippen LogP contribution in [-0.4, -0.2) is 19.9 Å². The zero-order chi connectivity index (χ0) is 16.4. The molecule has 0 N–H and O–H groups in total. The molecule has 0 unspecified atom stereocenters. The Bertz CT molecular complexity index is 822. The predicted octanol–water partition coefficient (Wildman–Crippen LogP) is 3.79. The fourth-order valence-corrected chi connectivity index (χ4v) is 3.75. The Labute approximate surface area is 145 Å². The average molecular weight is 340 g/mol. The van der Waals surface area contributed by atoms with Crippen molar-refractivity contribution in [3.8, 4) is 0 Å². The summed E-state index contributed by atoms with van der Waals surface area (Å²) in [4.78, 5) is 4.40. The first kappa shape index (κ1) is 15.4. The van der Waals surface area contributed by atoms with Gasteiger partial charge < -0.3 is 4.52 Å². The van der Waals surface area contributed by atoms with Crippen LogP contribution in [0.1, 0.15) is 41.0 Å². The highest BCUT2D eigenvalue weighted by Crippen LogP contribution is 2.25. The number of aryl methyl sites for hydroxylation is 2. The van der Waals surface area contributed by atoms with Crippen LogP contribution in [0.3, 0.4) is 0 Å². The monoisotopic (exact) mass is 340 g/mol. The van der Waals surface area contributed by atoms with Gasteiger partial charge in [0.2, 0.25) is 5.16 Å². The summed E-state index contributed by atoms with van der Waals surface area (Å²) in [6.45, 7) is 2.74. The second-order valence-corrected chi connectivity index (χ2v) is 7.18. The minimum atomic E-state index is 0.636. The molecule has 24 heavy (non-hydrogen) atoms. The molecule has 0 amide bonds. The van der Waals surface area contributed by atoms with Crippen LogP contribution < -0.4 is 0 Å². The summed E-state index contributed by atoms with van der Waals surface area (Å²) in [7, 11) is 0. The van der Waals surface area contributed by atoms with Crippen LogP contribution in [0.4, 0.5) is 0 Å². The van der Waals surface area contributed by atoms with E-state index in [1.807, 2.05) is 4.68 Å². The van der Waals surface area contributed by atoms with Gasteiger partial charge in [0.25, 0.3) is 0 Å². The third-order valence-corrected chi connectivity index (χ3v) is 5.27. The fourth-order valence-electron chi connectivity index (χ4n) is 2.98. The molecular formula is C18H20N4OS. The van der Waals surface area contributed by atoms with Crippen molar-refractivity contribution in [2.45, 2.75) is 50.1 Å². The molecule has 1 aliphatic carbocycles. The maximum absolute atomic E-state index is 5.46. The molecule has 5 nitrogen and oxygen atoms in total. The highest BCUT2D eigenvalue weighted by molar-refractivity contribution is 7.98. The standard InChI is InChI=1S/C18H20N4OS/c1-13-6-8-14(9-7-13)11-24-18-19-12-22(20-18)10-16-15-4-2-3-5-17(15)23-21-16/h6-9,12H,2-5,10-11H2,1H3. The minimum Gasteiger partial charge on any atom is -0.361 e. The van der Waals surface area contributed by atoms with Gasteiger partial charge in [-0.05, 0) is 31.7 Å². The molecule has 3 aromatic rings. The van der Waals surface area contributed by atoms with Gasteiger partial charge in [0.15, 0.2) is 0 Å². The molecule has 0 fully saturated rings. The fraction of sp³-hybridized carbons (Fsp3) is 0.389. The number of hydrogen-bond donors (Lipinski definition) is 0. The number of thioether (sulfide) groups is 1. The number of hydrogen-bond acceptors (Lipinski definition) is 5. The van der Waals surface area contributed by atoms with Crippen molar-refractivity contribution in [2.24, 2.45) is 0 Å². The Hall–Kier alpha value is -2.08. The molecule has 0 radical (unpaired) electrons. The molecular weight excluding hydrogens is 320 g/mol. The summed E-state index contributed by atoms with van der Waals surface area (Å²) in [5, 5.41) is 9.59. The SMILES string of the molecule is Cc1ccc(CSc2ncn(Cc3noc4c3CCCC4)n2)cc1. The Balaban J connectivity index is 1.39. The molecule has 0 bridgehead atoms. The van der Waals surface area contributed by atoms with Gasteiger partial charge in [0.05, 0.1) is 6.54 Å². The molecule has 0 saturated heterocycles. The minimum absolute atomic E-state index is 0.636. The number of aromatic nitrogens is 4. The number of nitrogens with zero attached hydrogens (tertiary/aromatic N) is 4. The Kier molecular flexibility index (Phi) is 4.38. The van der Waals surface area contributed by atoms with Gasteiger partial charge in [0, 0.05) is 17.7 Å². The Morgan fingerprint density at radius 1 is 1.17 bits per heavy atom. The van der Waals surface area contributed by atoms with E-state index in [0.717, 1.165) is 35.2 Å². The average Bonchev–Trinajstić information content (AvgIpc) is 3.22. The van der Waals surface area contributed by atoms with Gasteiger partial charge in [-0.1, -0.05) is 46.7 Å². The number of rotatable bonds is 5. The molecule has 0 aliphatic heterocycles. The largest absolute Gasteiger partial charge is 0.361 e. The molecule has 0 saturated carbocycles. The quantitative estimate of drug-likeness (QED) is 0.661. The summed E-state index contributed by atoms with van der Waals surface area (Å²) in [5.41, 5.74) is 4.85. The number of fused-ring (bicyclic) bond motifs is 1. The van der Waals surface area contributed by atoms with E-state index in [4.69, 9.17) is 4.52 Å². The lowest BCUT2D eigenvalue weighted by atomic mass is 9.96. The van der Waals surface area contributed by atoms with Crippen molar-refractivity contribution < 1.29 is 4.52 Å². The molecule has 124 valence electrons. The molecule has 1 aliphatic rings. The molecule has 0 atom stereocenters. The van der Waals surface area contributed by atoms with Gasteiger partial charge >= 0.3 is 0 Å². The third kappa shape index (κ3) is 3.38. The summed E-state index contributed by atoms with van der Waals surface area (Å²) in [5.74, 6) is 1.94. The zero-order valence-corrected chi connectivity index (χ0v) is 14.6. The van der Waals surface area contributed by atoms with E-state index in [1.54, 1.807) is 18.1 Å². The highest BCUT2D eigenvalue weighted by atomic mass is 32.2. The van der Waals surface area contributed by atoms with Gasteiger partial charge in [-0.3, -0.25) is 0 Å². The van der Waals surface area contributed by atoms with Crippen LogP contribution in [0.5, 0.6) is 0 Å². The van der Waals surface area contributed by atoms with Crippen LogP contribution in [0.2, 0.25) is 0 Å². The van der Waals surface area contributed by atoms with Crippen LogP contribution in [-0.2, 0) is 25.1 Å². The van der Waals surface area contributed by atoms with Gasteiger partial charge in [0.1, 0.15) is 17.8 Å². The third-order valence-electron chi connectivity index (χ3n) is 4.35. The van der Waals surface area contributed by atoms with E-state index in [-0.39, 0.29) is 0 Å². The van der Waals surface area contributed by atoms with E-state index in [0.29, 0.717) is 6.54 Å². The highest BCUT2D eigenvalue weighted by Gasteiger charge is 2.19. The number of benzene rings is 1. The van der Waals surface area contributed by atoms with Crippen molar-refractivity contribution in [1.82, 2.24) is 19.9 Å². The van der Waals surface area contributed by atoms with Crippen molar-refractivity contribution in [3.63, 3.8) is 0 Å². The van der Waals surface area contributed by atoms with E-state index in [2.05, 4.69) is 46.4 Å². The van der Waals surface area contributed by atoms with Crippen LogP contribution in [0.25, 0.3) is 0 Å². The molecule has 4 rings (SSSR count). The van der Waals surface area contributed by atoms with E-state index < -0.39 is 0 Å². The Morgan fingerprint density at radius 3 is 2.88 bits per heavy atom. The summed E-state index contributed by atoms with van der Waals surface area (Å²) < 4.78 is 7.32. The molecule has 2 heterocycles. The maximum Gasteiger partial charge on any atom is 0.208 e. The first-order chi connectivity index (χ1) is 11.8. The van der Waals surface area contributed by atoms with Crippen molar-refractivity contribution >= 4 is 11.8 Å². The topological polar surface area (TPSA) is 56.7 Å².